The fraction of sp³-hybridized carbons (Fsp3) is 0.533. The molecule has 0 saturated carbocycles. The van der Waals surface area contributed by atoms with Gasteiger partial charge in [0.15, 0.2) is 11.4 Å². The standard InChI is InChI=1S/C15H20N6O4/c16-10-7-11-12(19-14(25-11)20-3-5-24-6-4-20)18-13(10)21-2-1-9(8-21)17-15(22)23/h7,9,17H,1-6,8,16H2,(H,22,23)/t9-/m0/s1. The molecule has 134 valence electrons. The summed E-state index contributed by atoms with van der Waals surface area (Å²) in [5.41, 5.74) is 7.68. The molecule has 0 aromatic carbocycles. The molecule has 0 spiro atoms. The number of nitrogen functional groups attached to an aromatic ring is 1. The van der Waals surface area contributed by atoms with E-state index in [0.717, 1.165) is 13.1 Å². The molecule has 2 saturated heterocycles. The van der Waals surface area contributed by atoms with Crippen LogP contribution in [0.3, 0.4) is 0 Å². The van der Waals surface area contributed by atoms with Crippen LogP contribution in [0.2, 0.25) is 0 Å². The van der Waals surface area contributed by atoms with Gasteiger partial charge in [0.1, 0.15) is 0 Å². The van der Waals surface area contributed by atoms with E-state index in [2.05, 4.69) is 15.3 Å². The second-order valence-corrected chi connectivity index (χ2v) is 6.20. The Morgan fingerprint density at radius 1 is 1.28 bits per heavy atom. The van der Waals surface area contributed by atoms with E-state index < -0.39 is 6.09 Å². The van der Waals surface area contributed by atoms with Gasteiger partial charge < -0.3 is 35.1 Å². The third kappa shape index (κ3) is 3.12. The molecule has 2 aliphatic rings. The molecular weight excluding hydrogens is 328 g/mol. The lowest BCUT2D eigenvalue weighted by Gasteiger charge is -2.24. The maximum absolute atomic E-state index is 10.8. The summed E-state index contributed by atoms with van der Waals surface area (Å²) >= 11 is 0. The number of ether oxygens (including phenoxy) is 1. The van der Waals surface area contributed by atoms with Crippen molar-refractivity contribution in [1.82, 2.24) is 15.3 Å². The Hall–Kier alpha value is -2.75. The Bertz CT molecular complexity index is 788. The van der Waals surface area contributed by atoms with Crippen LogP contribution in [0.25, 0.3) is 11.2 Å². The molecule has 0 radical (unpaired) electrons. The number of morpholine rings is 1. The minimum Gasteiger partial charge on any atom is -0.465 e. The van der Waals surface area contributed by atoms with Crippen LogP contribution in [-0.4, -0.2) is 66.6 Å². The maximum Gasteiger partial charge on any atom is 0.404 e. The van der Waals surface area contributed by atoms with Crippen molar-refractivity contribution in [2.45, 2.75) is 12.5 Å². The molecule has 4 rings (SSSR count). The molecule has 25 heavy (non-hydrogen) atoms. The molecule has 10 nitrogen and oxygen atoms in total. The highest BCUT2D eigenvalue weighted by atomic mass is 16.5. The zero-order valence-corrected chi connectivity index (χ0v) is 13.6. The Morgan fingerprint density at radius 2 is 2.08 bits per heavy atom. The van der Waals surface area contributed by atoms with E-state index >= 15 is 0 Å². The van der Waals surface area contributed by atoms with E-state index in [4.69, 9.17) is 20.0 Å². The molecule has 10 heteroatoms. The van der Waals surface area contributed by atoms with E-state index in [-0.39, 0.29) is 6.04 Å². The molecule has 2 aromatic heterocycles. The molecule has 2 aliphatic heterocycles. The van der Waals surface area contributed by atoms with Crippen LogP contribution in [0.15, 0.2) is 10.5 Å². The molecule has 2 aromatic rings. The van der Waals surface area contributed by atoms with Crippen molar-refractivity contribution < 1.29 is 19.1 Å². The third-order valence-electron chi connectivity index (χ3n) is 4.48. The molecule has 0 unspecified atom stereocenters. The highest BCUT2D eigenvalue weighted by Crippen LogP contribution is 2.30. The molecule has 1 atom stereocenters. The fourth-order valence-electron chi connectivity index (χ4n) is 3.25. The van der Waals surface area contributed by atoms with Gasteiger partial charge in [-0.1, -0.05) is 0 Å². The quantitative estimate of drug-likeness (QED) is 0.725. The molecule has 4 N–H and O–H groups in total. The van der Waals surface area contributed by atoms with Crippen LogP contribution in [0.5, 0.6) is 0 Å². The van der Waals surface area contributed by atoms with Crippen molar-refractivity contribution in [3.8, 4) is 0 Å². The van der Waals surface area contributed by atoms with Gasteiger partial charge in [-0.05, 0) is 6.42 Å². The smallest absolute Gasteiger partial charge is 0.404 e. The van der Waals surface area contributed by atoms with Crippen LogP contribution in [-0.2, 0) is 4.74 Å². The SMILES string of the molecule is Nc1cc2oc(N3CCOCC3)nc2nc1N1CC[C@H](NC(=O)O)C1. The monoisotopic (exact) mass is 348 g/mol. The van der Waals surface area contributed by atoms with E-state index in [1.165, 1.54) is 0 Å². The van der Waals surface area contributed by atoms with Gasteiger partial charge in [-0.25, -0.2) is 9.78 Å². The van der Waals surface area contributed by atoms with Gasteiger partial charge in [-0.2, -0.15) is 4.98 Å². The van der Waals surface area contributed by atoms with Crippen LogP contribution in [0, 0.1) is 0 Å². The van der Waals surface area contributed by atoms with Gasteiger partial charge in [0.2, 0.25) is 5.65 Å². The van der Waals surface area contributed by atoms with Gasteiger partial charge in [0.25, 0.3) is 6.01 Å². The Labute approximate surface area is 143 Å². The van der Waals surface area contributed by atoms with Crippen molar-refractivity contribution in [2.24, 2.45) is 0 Å². The van der Waals surface area contributed by atoms with Crippen molar-refractivity contribution in [3.63, 3.8) is 0 Å². The number of fused-ring (bicyclic) bond motifs is 1. The first-order chi connectivity index (χ1) is 12.1. The summed E-state index contributed by atoms with van der Waals surface area (Å²) in [6.07, 6.45) is -0.307. The van der Waals surface area contributed by atoms with Crippen molar-refractivity contribution in [3.05, 3.63) is 6.07 Å². The summed E-state index contributed by atoms with van der Waals surface area (Å²) in [7, 11) is 0. The lowest BCUT2D eigenvalue weighted by atomic mass is 10.3. The molecule has 0 bridgehead atoms. The Morgan fingerprint density at radius 3 is 2.84 bits per heavy atom. The zero-order chi connectivity index (χ0) is 17.4. The highest BCUT2D eigenvalue weighted by Gasteiger charge is 2.27. The number of oxazole rings is 1. The molecule has 1 amide bonds. The highest BCUT2D eigenvalue weighted by molar-refractivity contribution is 5.80. The number of carbonyl (C=O) groups is 1. The number of hydrogen-bond acceptors (Lipinski definition) is 8. The summed E-state index contributed by atoms with van der Waals surface area (Å²) < 4.78 is 11.1. The number of pyridine rings is 1. The number of carboxylic acid groups (broad SMARTS) is 1. The molecule has 0 aliphatic carbocycles. The van der Waals surface area contributed by atoms with Crippen LogP contribution in [0.4, 0.5) is 22.3 Å². The van der Waals surface area contributed by atoms with Crippen molar-refractivity contribution in [2.75, 3.05) is 54.9 Å². The average molecular weight is 348 g/mol. The number of hydrogen-bond donors (Lipinski definition) is 3. The third-order valence-corrected chi connectivity index (χ3v) is 4.48. The summed E-state index contributed by atoms with van der Waals surface area (Å²) in [6, 6.07) is 2.12. The maximum atomic E-state index is 10.8. The lowest BCUT2D eigenvalue weighted by molar-refractivity contribution is 0.120. The second kappa shape index (κ2) is 6.28. The van der Waals surface area contributed by atoms with Gasteiger partial charge in [-0.15, -0.1) is 0 Å². The first-order valence-electron chi connectivity index (χ1n) is 8.24. The number of rotatable bonds is 3. The predicted molar refractivity (Wildman–Crippen MR) is 91.0 cm³/mol. The summed E-state index contributed by atoms with van der Waals surface area (Å²) in [5, 5.41) is 11.3. The summed E-state index contributed by atoms with van der Waals surface area (Å²) in [6.45, 7) is 3.95. The topological polar surface area (TPSA) is 130 Å². The number of nitrogens with one attached hydrogen (secondary N) is 1. The average Bonchev–Trinajstić information content (AvgIpc) is 3.20. The Kier molecular flexibility index (Phi) is 3.96. The van der Waals surface area contributed by atoms with E-state index in [1.807, 2.05) is 9.80 Å². The number of anilines is 3. The number of amides is 1. The molecular formula is C15H20N6O4. The first kappa shape index (κ1) is 15.8. The fourth-order valence-corrected chi connectivity index (χ4v) is 3.25. The Balaban J connectivity index is 1.58. The molecule has 4 heterocycles. The van der Waals surface area contributed by atoms with Crippen LogP contribution in [0.1, 0.15) is 6.42 Å². The largest absolute Gasteiger partial charge is 0.465 e. The normalized spacial score (nSPS) is 21.0. The van der Waals surface area contributed by atoms with E-state index in [1.54, 1.807) is 6.07 Å². The van der Waals surface area contributed by atoms with E-state index in [0.29, 0.717) is 61.5 Å². The predicted octanol–water partition coefficient (Wildman–Crippen LogP) is 0.488. The van der Waals surface area contributed by atoms with Gasteiger partial charge >= 0.3 is 6.09 Å². The van der Waals surface area contributed by atoms with E-state index in [9.17, 15) is 4.79 Å². The number of aromatic nitrogens is 2. The van der Waals surface area contributed by atoms with Crippen LogP contribution < -0.4 is 20.9 Å². The van der Waals surface area contributed by atoms with Gasteiger partial charge in [-0.3, -0.25) is 0 Å². The number of nitrogens with two attached hydrogens (primary N) is 1. The number of nitrogens with zero attached hydrogens (tertiary/aromatic N) is 4. The zero-order valence-electron chi connectivity index (χ0n) is 13.6. The van der Waals surface area contributed by atoms with Gasteiger partial charge in [0, 0.05) is 32.2 Å². The second-order valence-electron chi connectivity index (χ2n) is 6.20. The molecule has 2 fully saturated rings. The minimum absolute atomic E-state index is 0.129. The summed E-state index contributed by atoms with van der Waals surface area (Å²) in [4.78, 5) is 23.8. The van der Waals surface area contributed by atoms with Crippen LogP contribution >= 0.6 is 0 Å². The van der Waals surface area contributed by atoms with Crippen molar-refractivity contribution in [1.29, 1.82) is 0 Å². The summed E-state index contributed by atoms with van der Waals surface area (Å²) in [5.74, 6) is 0.615. The lowest BCUT2D eigenvalue weighted by Crippen LogP contribution is -2.36. The first-order valence-corrected chi connectivity index (χ1v) is 8.24. The van der Waals surface area contributed by atoms with Gasteiger partial charge in [0.05, 0.1) is 24.9 Å². The van der Waals surface area contributed by atoms with Crippen molar-refractivity contribution >= 4 is 34.8 Å². The minimum atomic E-state index is -1.02.